The number of para-hydroxylation sites is 1. The number of benzene rings is 2. The molecule has 0 spiro atoms. The molecule has 3 rings (SSSR count). The van der Waals surface area contributed by atoms with Crippen LogP contribution in [0.1, 0.15) is 22.8 Å². The third-order valence-corrected chi connectivity index (χ3v) is 4.01. The van der Waals surface area contributed by atoms with Gasteiger partial charge in [-0.2, -0.15) is 0 Å². The van der Waals surface area contributed by atoms with Gasteiger partial charge in [-0.15, -0.1) is 0 Å². The summed E-state index contributed by atoms with van der Waals surface area (Å²) in [5.74, 6) is -0.789. The number of amides is 1. The van der Waals surface area contributed by atoms with Crippen LogP contribution in [0.25, 0.3) is 22.2 Å². The second-order valence-corrected chi connectivity index (χ2v) is 5.93. The number of fused-ring (bicyclic) bond motifs is 1. The topological polar surface area (TPSA) is 68.3 Å². The third-order valence-electron chi connectivity index (χ3n) is 4.01. The quantitative estimate of drug-likeness (QED) is 0.717. The smallest absolute Gasteiger partial charge is 0.325 e. The number of hydrogen-bond donors (Lipinski definition) is 1. The number of carbonyl (C=O) groups excluding carboxylic acids is 2. The van der Waals surface area contributed by atoms with E-state index in [4.69, 9.17) is 4.74 Å². The van der Waals surface area contributed by atoms with Crippen molar-refractivity contribution in [1.29, 1.82) is 0 Å². The summed E-state index contributed by atoms with van der Waals surface area (Å²) in [7, 11) is 0. The first-order valence-corrected chi connectivity index (χ1v) is 8.49. The monoisotopic (exact) mass is 348 g/mol. The fourth-order valence-corrected chi connectivity index (χ4v) is 2.70. The summed E-state index contributed by atoms with van der Waals surface area (Å²) >= 11 is 0. The van der Waals surface area contributed by atoms with Crippen molar-refractivity contribution in [2.24, 2.45) is 0 Å². The van der Waals surface area contributed by atoms with E-state index in [1.165, 1.54) is 0 Å². The predicted octanol–water partition coefficient (Wildman–Crippen LogP) is 3.50. The van der Waals surface area contributed by atoms with Crippen LogP contribution in [0, 0.1) is 6.92 Å². The van der Waals surface area contributed by atoms with Gasteiger partial charge in [0.2, 0.25) is 0 Å². The Morgan fingerprint density at radius 2 is 1.81 bits per heavy atom. The number of esters is 1. The fourth-order valence-electron chi connectivity index (χ4n) is 2.70. The predicted molar refractivity (Wildman–Crippen MR) is 101 cm³/mol. The van der Waals surface area contributed by atoms with E-state index in [0.29, 0.717) is 11.3 Å². The van der Waals surface area contributed by atoms with Gasteiger partial charge < -0.3 is 10.1 Å². The molecule has 1 amide bonds. The SMILES string of the molecule is CCOC(=O)CNC(=O)c1cc(-c2ccc(C)cc2)nc2ccccc12. The highest BCUT2D eigenvalue weighted by Gasteiger charge is 2.15. The molecule has 0 aliphatic rings. The molecule has 0 fully saturated rings. The van der Waals surface area contributed by atoms with Crippen molar-refractivity contribution >= 4 is 22.8 Å². The van der Waals surface area contributed by atoms with Gasteiger partial charge in [-0.3, -0.25) is 9.59 Å². The number of pyridine rings is 1. The van der Waals surface area contributed by atoms with Crippen molar-refractivity contribution in [2.45, 2.75) is 13.8 Å². The van der Waals surface area contributed by atoms with Gasteiger partial charge in [0.1, 0.15) is 6.54 Å². The highest BCUT2D eigenvalue weighted by Crippen LogP contribution is 2.25. The molecule has 1 heterocycles. The zero-order chi connectivity index (χ0) is 18.5. The first kappa shape index (κ1) is 17.6. The Hall–Kier alpha value is -3.21. The maximum absolute atomic E-state index is 12.7. The van der Waals surface area contributed by atoms with Gasteiger partial charge >= 0.3 is 5.97 Å². The highest BCUT2D eigenvalue weighted by molar-refractivity contribution is 6.07. The van der Waals surface area contributed by atoms with Gasteiger partial charge in [0.15, 0.2) is 0 Å². The minimum atomic E-state index is -0.460. The van der Waals surface area contributed by atoms with Gasteiger partial charge in [0, 0.05) is 10.9 Å². The number of aryl methyl sites for hydroxylation is 1. The largest absolute Gasteiger partial charge is 0.465 e. The van der Waals surface area contributed by atoms with E-state index in [-0.39, 0.29) is 19.1 Å². The van der Waals surface area contributed by atoms with Gasteiger partial charge in [0.05, 0.1) is 23.4 Å². The molecule has 0 aliphatic carbocycles. The average Bonchev–Trinajstić information content (AvgIpc) is 2.66. The maximum Gasteiger partial charge on any atom is 0.325 e. The van der Waals surface area contributed by atoms with Crippen molar-refractivity contribution in [3.05, 3.63) is 65.7 Å². The Balaban J connectivity index is 1.98. The van der Waals surface area contributed by atoms with Crippen LogP contribution in [0.5, 0.6) is 0 Å². The normalized spacial score (nSPS) is 10.5. The van der Waals surface area contributed by atoms with Crippen molar-refractivity contribution in [3.63, 3.8) is 0 Å². The molecular formula is C21H20N2O3. The average molecular weight is 348 g/mol. The van der Waals surface area contributed by atoms with Gasteiger partial charge in [-0.25, -0.2) is 4.98 Å². The lowest BCUT2D eigenvalue weighted by Crippen LogP contribution is -2.30. The Labute approximate surface area is 152 Å². The molecule has 132 valence electrons. The van der Waals surface area contributed by atoms with E-state index in [1.54, 1.807) is 13.0 Å². The Morgan fingerprint density at radius 3 is 2.54 bits per heavy atom. The molecule has 3 aromatic rings. The van der Waals surface area contributed by atoms with Crippen LogP contribution < -0.4 is 5.32 Å². The van der Waals surface area contributed by atoms with Crippen molar-refractivity contribution in [2.75, 3.05) is 13.2 Å². The second-order valence-electron chi connectivity index (χ2n) is 5.93. The van der Waals surface area contributed by atoms with Crippen molar-refractivity contribution in [1.82, 2.24) is 10.3 Å². The molecule has 0 atom stereocenters. The maximum atomic E-state index is 12.7. The molecule has 0 saturated carbocycles. The molecule has 1 N–H and O–H groups in total. The minimum Gasteiger partial charge on any atom is -0.465 e. The summed E-state index contributed by atoms with van der Waals surface area (Å²) in [5.41, 5.74) is 4.01. The number of nitrogens with one attached hydrogen (secondary N) is 1. The fraction of sp³-hybridized carbons (Fsp3) is 0.190. The summed E-state index contributed by atoms with van der Waals surface area (Å²) in [5, 5.41) is 3.36. The summed E-state index contributed by atoms with van der Waals surface area (Å²) < 4.78 is 4.85. The molecule has 0 aliphatic heterocycles. The van der Waals surface area contributed by atoms with E-state index in [0.717, 1.165) is 22.0 Å². The molecular weight excluding hydrogens is 328 g/mol. The van der Waals surface area contributed by atoms with Crippen LogP contribution in [0.2, 0.25) is 0 Å². The van der Waals surface area contributed by atoms with E-state index >= 15 is 0 Å². The van der Waals surface area contributed by atoms with Crippen molar-refractivity contribution < 1.29 is 14.3 Å². The number of hydrogen-bond acceptors (Lipinski definition) is 4. The Kier molecular flexibility index (Phi) is 5.27. The van der Waals surface area contributed by atoms with Crippen LogP contribution in [-0.4, -0.2) is 30.0 Å². The highest BCUT2D eigenvalue weighted by atomic mass is 16.5. The summed E-state index contributed by atoms with van der Waals surface area (Å²) in [6.07, 6.45) is 0. The molecule has 0 radical (unpaired) electrons. The summed E-state index contributed by atoms with van der Waals surface area (Å²) in [6.45, 7) is 3.86. The molecule has 26 heavy (non-hydrogen) atoms. The third kappa shape index (κ3) is 3.88. The van der Waals surface area contributed by atoms with Crippen molar-refractivity contribution in [3.8, 4) is 11.3 Å². The minimum absolute atomic E-state index is 0.164. The Bertz CT molecular complexity index is 949. The molecule has 0 bridgehead atoms. The van der Waals surface area contributed by atoms with Crippen LogP contribution in [0.15, 0.2) is 54.6 Å². The molecule has 0 unspecified atom stereocenters. The van der Waals surface area contributed by atoms with Crippen LogP contribution >= 0.6 is 0 Å². The Morgan fingerprint density at radius 1 is 1.08 bits per heavy atom. The summed E-state index contributed by atoms with van der Waals surface area (Å²) in [4.78, 5) is 28.8. The lowest BCUT2D eigenvalue weighted by molar-refractivity contribution is -0.141. The van der Waals surface area contributed by atoms with Gasteiger partial charge in [0.25, 0.3) is 5.91 Å². The number of rotatable bonds is 5. The summed E-state index contributed by atoms with van der Waals surface area (Å²) in [6, 6.07) is 17.2. The number of ether oxygens (including phenoxy) is 1. The molecule has 1 aromatic heterocycles. The number of aromatic nitrogens is 1. The standard InChI is InChI=1S/C21H20N2O3/c1-3-26-20(24)13-22-21(25)17-12-19(15-10-8-14(2)9-11-15)23-18-7-5-4-6-16(17)18/h4-12H,3,13H2,1-2H3,(H,22,25). The molecule has 2 aromatic carbocycles. The van der Waals surface area contributed by atoms with E-state index < -0.39 is 5.97 Å². The first-order chi connectivity index (χ1) is 12.6. The number of nitrogens with zero attached hydrogens (tertiary/aromatic N) is 1. The van der Waals surface area contributed by atoms with E-state index in [9.17, 15) is 9.59 Å². The number of carbonyl (C=O) groups is 2. The van der Waals surface area contributed by atoms with Crippen LogP contribution in [0.3, 0.4) is 0 Å². The first-order valence-electron chi connectivity index (χ1n) is 8.49. The van der Waals surface area contributed by atoms with Crippen LogP contribution in [-0.2, 0) is 9.53 Å². The lowest BCUT2D eigenvalue weighted by Gasteiger charge is -2.10. The molecule has 5 nitrogen and oxygen atoms in total. The molecule has 5 heteroatoms. The van der Waals surface area contributed by atoms with Gasteiger partial charge in [-0.1, -0.05) is 48.0 Å². The van der Waals surface area contributed by atoms with Gasteiger partial charge in [-0.05, 0) is 26.0 Å². The van der Waals surface area contributed by atoms with Crippen LogP contribution in [0.4, 0.5) is 0 Å². The zero-order valence-corrected chi connectivity index (χ0v) is 14.8. The zero-order valence-electron chi connectivity index (χ0n) is 14.8. The van der Waals surface area contributed by atoms with E-state index in [1.807, 2.05) is 55.5 Å². The van der Waals surface area contributed by atoms with E-state index in [2.05, 4.69) is 10.3 Å². The molecule has 0 saturated heterocycles. The second kappa shape index (κ2) is 7.78. The lowest BCUT2D eigenvalue weighted by atomic mass is 10.0.